The molecule has 1 atom stereocenters. The molecule has 2 heterocycles. The van der Waals surface area contributed by atoms with E-state index in [0.29, 0.717) is 5.92 Å². The maximum Gasteiger partial charge on any atom is 0.0959 e. The number of aryl methyl sites for hydroxylation is 1. The van der Waals surface area contributed by atoms with Gasteiger partial charge in [0.25, 0.3) is 0 Å². The number of nitrogens with zero attached hydrogens (tertiary/aromatic N) is 2. The Labute approximate surface area is 84.7 Å². The Bertz CT molecular complexity index is 317. The van der Waals surface area contributed by atoms with Crippen molar-refractivity contribution in [3.63, 3.8) is 0 Å². The molecule has 1 aliphatic rings. The van der Waals surface area contributed by atoms with E-state index in [2.05, 4.69) is 18.9 Å². The van der Waals surface area contributed by atoms with Gasteiger partial charge in [0.15, 0.2) is 0 Å². The minimum Gasteiger partial charge on any atom is -0.387 e. The summed E-state index contributed by atoms with van der Waals surface area (Å²) >= 11 is 0. The number of aliphatic hydroxyl groups is 1. The summed E-state index contributed by atoms with van der Waals surface area (Å²) in [6, 6.07) is 0. The average molecular weight is 194 g/mol. The van der Waals surface area contributed by atoms with Gasteiger partial charge in [-0.15, -0.1) is 0 Å². The molecule has 78 valence electrons. The standard InChI is InChI=1S/C11H18N2O/c1-8(2)9-7-12-13-6-4-3-5-10(14)11(9)13/h7-8,10,14H,3-6H2,1-2H3/t10-/m1/s1. The van der Waals surface area contributed by atoms with Gasteiger partial charge >= 0.3 is 0 Å². The van der Waals surface area contributed by atoms with Gasteiger partial charge in [-0.1, -0.05) is 13.8 Å². The third-order valence-corrected chi connectivity index (χ3v) is 2.95. The molecule has 1 aromatic heterocycles. The van der Waals surface area contributed by atoms with Crippen LogP contribution in [0.1, 0.15) is 56.4 Å². The fourth-order valence-electron chi connectivity index (χ4n) is 2.13. The predicted molar refractivity (Wildman–Crippen MR) is 55.1 cm³/mol. The van der Waals surface area contributed by atoms with Crippen LogP contribution in [0.2, 0.25) is 0 Å². The fourth-order valence-corrected chi connectivity index (χ4v) is 2.13. The van der Waals surface area contributed by atoms with Gasteiger partial charge in [-0.2, -0.15) is 5.10 Å². The molecule has 1 N–H and O–H groups in total. The second-order valence-electron chi connectivity index (χ2n) is 4.37. The molecule has 1 aromatic rings. The van der Waals surface area contributed by atoms with Crippen LogP contribution in [0.15, 0.2) is 6.20 Å². The van der Waals surface area contributed by atoms with Crippen molar-refractivity contribution in [2.75, 3.05) is 0 Å². The average Bonchev–Trinajstić information content (AvgIpc) is 2.48. The maximum atomic E-state index is 10.00. The Morgan fingerprint density at radius 3 is 3.00 bits per heavy atom. The lowest BCUT2D eigenvalue weighted by Gasteiger charge is -2.13. The van der Waals surface area contributed by atoms with Crippen LogP contribution in [0, 0.1) is 0 Å². The lowest BCUT2D eigenvalue weighted by Crippen LogP contribution is -2.08. The maximum absolute atomic E-state index is 10.00. The number of aromatic nitrogens is 2. The van der Waals surface area contributed by atoms with Gasteiger partial charge in [-0.05, 0) is 30.7 Å². The van der Waals surface area contributed by atoms with Gasteiger partial charge in [-0.25, -0.2) is 0 Å². The molecule has 0 aliphatic carbocycles. The summed E-state index contributed by atoms with van der Waals surface area (Å²) in [7, 11) is 0. The Balaban J connectivity index is 2.42. The molecule has 0 spiro atoms. The van der Waals surface area contributed by atoms with Crippen LogP contribution in [-0.4, -0.2) is 14.9 Å². The molecule has 3 nitrogen and oxygen atoms in total. The van der Waals surface area contributed by atoms with Crippen LogP contribution in [0.3, 0.4) is 0 Å². The first-order chi connectivity index (χ1) is 6.70. The summed E-state index contributed by atoms with van der Waals surface area (Å²) in [6.07, 6.45) is 4.71. The summed E-state index contributed by atoms with van der Waals surface area (Å²) in [6.45, 7) is 5.25. The summed E-state index contributed by atoms with van der Waals surface area (Å²) in [5.74, 6) is 0.450. The third kappa shape index (κ3) is 1.57. The van der Waals surface area contributed by atoms with Crippen molar-refractivity contribution in [1.29, 1.82) is 0 Å². The molecule has 0 amide bonds. The smallest absolute Gasteiger partial charge is 0.0959 e. The zero-order valence-electron chi connectivity index (χ0n) is 8.90. The van der Waals surface area contributed by atoms with Crippen molar-refractivity contribution in [2.24, 2.45) is 0 Å². The molecule has 1 aliphatic heterocycles. The number of aliphatic hydroxyl groups excluding tert-OH is 1. The van der Waals surface area contributed by atoms with Crippen LogP contribution >= 0.6 is 0 Å². The van der Waals surface area contributed by atoms with Crippen LogP contribution in [0.25, 0.3) is 0 Å². The molecule has 0 fully saturated rings. The third-order valence-electron chi connectivity index (χ3n) is 2.95. The second-order valence-corrected chi connectivity index (χ2v) is 4.37. The largest absolute Gasteiger partial charge is 0.387 e. The van der Waals surface area contributed by atoms with Gasteiger partial charge in [0.05, 0.1) is 18.0 Å². The van der Waals surface area contributed by atoms with E-state index in [1.54, 1.807) is 0 Å². The molecule has 0 saturated heterocycles. The minimum absolute atomic E-state index is 0.308. The van der Waals surface area contributed by atoms with Crippen molar-refractivity contribution < 1.29 is 5.11 Å². The zero-order valence-corrected chi connectivity index (χ0v) is 8.90. The van der Waals surface area contributed by atoms with Crippen LogP contribution in [0.4, 0.5) is 0 Å². The van der Waals surface area contributed by atoms with Crippen LogP contribution in [0.5, 0.6) is 0 Å². The SMILES string of the molecule is CC(C)c1cnn2c1[C@H](O)CCCC2. The minimum atomic E-state index is -0.308. The molecule has 0 aromatic carbocycles. The first kappa shape index (κ1) is 9.71. The molecule has 0 unspecified atom stereocenters. The molecule has 2 rings (SSSR count). The molecule has 0 bridgehead atoms. The summed E-state index contributed by atoms with van der Waals surface area (Å²) in [4.78, 5) is 0. The Morgan fingerprint density at radius 2 is 2.29 bits per heavy atom. The van der Waals surface area contributed by atoms with Gasteiger partial charge < -0.3 is 5.11 Å². The highest BCUT2D eigenvalue weighted by Crippen LogP contribution is 2.30. The highest BCUT2D eigenvalue weighted by molar-refractivity contribution is 5.24. The van der Waals surface area contributed by atoms with E-state index in [1.807, 2.05) is 10.9 Å². The molecule has 3 heteroatoms. The second kappa shape index (κ2) is 3.73. The number of fused-ring (bicyclic) bond motifs is 1. The molecule has 0 radical (unpaired) electrons. The lowest BCUT2D eigenvalue weighted by atomic mass is 10.00. The Hall–Kier alpha value is -0.830. The summed E-state index contributed by atoms with van der Waals surface area (Å²) in [5.41, 5.74) is 2.26. The first-order valence-corrected chi connectivity index (χ1v) is 5.44. The molecular weight excluding hydrogens is 176 g/mol. The number of rotatable bonds is 1. The molecular formula is C11H18N2O. The summed E-state index contributed by atoms with van der Waals surface area (Å²) in [5, 5.41) is 14.3. The highest BCUT2D eigenvalue weighted by atomic mass is 16.3. The summed E-state index contributed by atoms with van der Waals surface area (Å²) < 4.78 is 1.98. The van der Waals surface area contributed by atoms with E-state index in [9.17, 15) is 5.11 Å². The van der Waals surface area contributed by atoms with Gasteiger partial charge in [-0.3, -0.25) is 4.68 Å². The zero-order chi connectivity index (χ0) is 10.1. The van der Waals surface area contributed by atoms with Crippen molar-refractivity contribution >= 4 is 0 Å². The van der Waals surface area contributed by atoms with Crippen molar-refractivity contribution in [2.45, 2.75) is 51.7 Å². The van der Waals surface area contributed by atoms with E-state index < -0.39 is 0 Å². The van der Waals surface area contributed by atoms with Gasteiger partial charge in [0.1, 0.15) is 0 Å². The van der Waals surface area contributed by atoms with Crippen molar-refractivity contribution in [3.8, 4) is 0 Å². The van der Waals surface area contributed by atoms with Crippen LogP contribution < -0.4 is 0 Å². The first-order valence-electron chi connectivity index (χ1n) is 5.44. The van der Waals surface area contributed by atoms with E-state index in [-0.39, 0.29) is 6.10 Å². The van der Waals surface area contributed by atoms with E-state index >= 15 is 0 Å². The highest BCUT2D eigenvalue weighted by Gasteiger charge is 2.22. The lowest BCUT2D eigenvalue weighted by molar-refractivity contribution is 0.159. The van der Waals surface area contributed by atoms with Gasteiger partial charge in [0, 0.05) is 6.54 Å². The van der Waals surface area contributed by atoms with E-state index in [0.717, 1.165) is 31.5 Å². The number of hydrogen-bond acceptors (Lipinski definition) is 2. The quantitative estimate of drug-likeness (QED) is 0.744. The van der Waals surface area contributed by atoms with E-state index in [4.69, 9.17) is 0 Å². The van der Waals surface area contributed by atoms with Gasteiger partial charge in [0.2, 0.25) is 0 Å². The van der Waals surface area contributed by atoms with Crippen molar-refractivity contribution in [1.82, 2.24) is 9.78 Å². The fraction of sp³-hybridized carbons (Fsp3) is 0.727. The predicted octanol–water partition coefficient (Wildman–Crippen LogP) is 2.22. The van der Waals surface area contributed by atoms with Crippen LogP contribution in [-0.2, 0) is 6.54 Å². The van der Waals surface area contributed by atoms with Crippen molar-refractivity contribution in [3.05, 3.63) is 17.5 Å². The van der Waals surface area contributed by atoms with E-state index in [1.165, 1.54) is 5.56 Å². The monoisotopic (exact) mass is 194 g/mol. The number of hydrogen-bond donors (Lipinski definition) is 1. The topological polar surface area (TPSA) is 38.0 Å². The molecule has 14 heavy (non-hydrogen) atoms. The molecule has 0 saturated carbocycles. The Morgan fingerprint density at radius 1 is 1.50 bits per heavy atom. The Kier molecular flexibility index (Phi) is 2.59. The normalized spacial score (nSPS) is 22.1.